The first-order valence-electron chi connectivity index (χ1n) is 8.29. The fourth-order valence-corrected chi connectivity index (χ4v) is 3.29. The Morgan fingerprint density at radius 3 is 3.13 bits per heavy atom. The molecule has 0 radical (unpaired) electrons. The van der Waals surface area contributed by atoms with Gasteiger partial charge >= 0.3 is 0 Å². The van der Waals surface area contributed by atoms with Crippen molar-refractivity contribution in [1.29, 1.82) is 0 Å². The van der Waals surface area contributed by atoms with Gasteiger partial charge in [-0.05, 0) is 25.0 Å². The van der Waals surface area contributed by atoms with Gasteiger partial charge in [-0.15, -0.1) is 0 Å². The first kappa shape index (κ1) is 16.2. The fraction of sp³-hybridized carbons (Fsp3) is 0.647. The van der Waals surface area contributed by atoms with E-state index in [1.54, 1.807) is 0 Å². The summed E-state index contributed by atoms with van der Waals surface area (Å²) in [7, 11) is 0. The fourth-order valence-electron chi connectivity index (χ4n) is 3.29. The van der Waals surface area contributed by atoms with Crippen LogP contribution in [0.1, 0.15) is 32.6 Å². The number of rotatable bonds is 6. The van der Waals surface area contributed by atoms with Crippen molar-refractivity contribution in [2.45, 2.75) is 38.2 Å². The summed E-state index contributed by atoms with van der Waals surface area (Å²) in [5, 5.41) is 0. The number of ether oxygens (including phenoxy) is 2. The molecular weight excluding hydrogens is 299 g/mol. The number of halogens is 1. The molecule has 1 aromatic rings. The maximum atomic E-state index is 13.6. The van der Waals surface area contributed by atoms with E-state index in [-0.39, 0.29) is 23.3 Å². The quantitative estimate of drug-likeness (QED) is 0.807. The maximum absolute atomic E-state index is 13.6. The summed E-state index contributed by atoms with van der Waals surface area (Å²) in [6.45, 7) is 4.35. The minimum absolute atomic E-state index is 0.0322. The van der Waals surface area contributed by atoms with Crippen LogP contribution in [0.25, 0.3) is 0 Å². The number of likely N-dealkylation sites (tertiary alicyclic amines) is 1. The summed E-state index contributed by atoms with van der Waals surface area (Å²) < 4.78 is 25.0. The van der Waals surface area contributed by atoms with E-state index >= 15 is 0 Å². The average Bonchev–Trinajstić information content (AvgIpc) is 2.94. The van der Waals surface area contributed by atoms with Gasteiger partial charge in [-0.3, -0.25) is 4.79 Å². The molecule has 0 N–H and O–H groups in total. The lowest BCUT2D eigenvalue weighted by molar-refractivity contribution is -0.167. The van der Waals surface area contributed by atoms with Crippen LogP contribution >= 0.6 is 0 Å². The third kappa shape index (κ3) is 3.32. The third-order valence-corrected chi connectivity index (χ3v) is 4.76. The summed E-state index contributed by atoms with van der Waals surface area (Å²) in [4.78, 5) is 17.8. The molecule has 1 atom stereocenters. The Kier molecular flexibility index (Phi) is 4.80. The Labute approximate surface area is 135 Å². The van der Waals surface area contributed by atoms with E-state index in [0.29, 0.717) is 32.7 Å². The Hall–Kier alpha value is -1.69. The molecule has 0 aliphatic carbocycles. The molecule has 126 valence electrons. The maximum Gasteiger partial charge on any atom is 0.250 e. The lowest BCUT2D eigenvalue weighted by Crippen LogP contribution is -2.66. The zero-order valence-corrected chi connectivity index (χ0v) is 13.5. The van der Waals surface area contributed by atoms with Crippen molar-refractivity contribution in [2.75, 3.05) is 26.3 Å². The molecule has 2 aliphatic rings. The van der Waals surface area contributed by atoms with Gasteiger partial charge in [0, 0.05) is 25.1 Å². The molecule has 1 spiro atoms. The lowest BCUT2D eigenvalue weighted by Gasteiger charge is -2.50. The predicted octanol–water partition coefficient (Wildman–Crippen LogP) is 2.41. The van der Waals surface area contributed by atoms with Crippen LogP contribution in [0.15, 0.2) is 18.3 Å². The topological polar surface area (TPSA) is 51.7 Å². The van der Waals surface area contributed by atoms with Crippen LogP contribution in [0.5, 0.6) is 5.88 Å². The Morgan fingerprint density at radius 1 is 1.57 bits per heavy atom. The highest BCUT2D eigenvalue weighted by atomic mass is 19.1. The van der Waals surface area contributed by atoms with Gasteiger partial charge in [-0.1, -0.05) is 13.3 Å². The van der Waals surface area contributed by atoms with E-state index in [9.17, 15) is 9.18 Å². The summed E-state index contributed by atoms with van der Waals surface area (Å²) in [5.41, 5.74) is -0.312. The molecule has 2 saturated heterocycles. The van der Waals surface area contributed by atoms with Crippen molar-refractivity contribution < 1.29 is 18.7 Å². The van der Waals surface area contributed by atoms with Gasteiger partial charge in [-0.25, -0.2) is 9.37 Å². The van der Waals surface area contributed by atoms with Crippen molar-refractivity contribution in [3.63, 3.8) is 0 Å². The number of pyridine rings is 1. The van der Waals surface area contributed by atoms with E-state index in [4.69, 9.17) is 9.47 Å². The lowest BCUT2D eigenvalue weighted by atomic mass is 9.81. The smallest absolute Gasteiger partial charge is 0.250 e. The van der Waals surface area contributed by atoms with Crippen LogP contribution in [0.4, 0.5) is 4.39 Å². The normalized spacial score (nSPS) is 22.2. The zero-order valence-electron chi connectivity index (χ0n) is 13.5. The number of hydrogen-bond donors (Lipinski definition) is 0. The Morgan fingerprint density at radius 2 is 2.39 bits per heavy atom. The van der Waals surface area contributed by atoms with Crippen molar-refractivity contribution in [1.82, 2.24) is 9.88 Å². The molecule has 1 aromatic heterocycles. The number of unbranched alkanes of at least 4 members (excludes halogenated alkanes) is 1. The predicted molar refractivity (Wildman–Crippen MR) is 82.6 cm³/mol. The summed E-state index contributed by atoms with van der Waals surface area (Å²) in [6, 6.07) is 2.87. The molecule has 0 bridgehead atoms. The highest BCUT2D eigenvalue weighted by molar-refractivity contribution is 5.77. The van der Waals surface area contributed by atoms with Crippen LogP contribution in [-0.2, 0) is 9.53 Å². The first-order chi connectivity index (χ1) is 11.1. The first-order valence-corrected chi connectivity index (χ1v) is 8.29. The van der Waals surface area contributed by atoms with Crippen LogP contribution in [0.2, 0.25) is 0 Å². The number of carbonyl (C=O) groups excluding carboxylic acids is 1. The molecule has 0 unspecified atom stereocenters. The van der Waals surface area contributed by atoms with Crippen LogP contribution in [0, 0.1) is 11.7 Å². The van der Waals surface area contributed by atoms with Gasteiger partial charge in [0.25, 0.3) is 0 Å². The molecule has 5 nitrogen and oxygen atoms in total. The number of nitrogens with zero attached hydrogens (tertiary/aromatic N) is 2. The standard InChI is InChI=1S/C17H23FN2O3/c1-2-3-6-15(21)20-11-17(12-20)13(7-9-23-17)10-22-16-14(18)5-4-8-19-16/h4-5,8,13H,2-3,6-7,9-12H2,1H3/t13-/m0/s1. The molecule has 0 aromatic carbocycles. The molecule has 6 heteroatoms. The van der Waals surface area contributed by atoms with E-state index in [0.717, 1.165) is 19.3 Å². The van der Waals surface area contributed by atoms with Crippen molar-refractivity contribution in [3.8, 4) is 5.88 Å². The minimum atomic E-state index is -0.453. The second-order valence-corrected chi connectivity index (χ2v) is 6.35. The van der Waals surface area contributed by atoms with Gasteiger partial charge in [0.2, 0.25) is 11.8 Å². The SMILES string of the molecule is CCCCC(=O)N1CC2(C1)OCC[C@H]2COc1ncccc1F. The van der Waals surface area contributed by atoms with Crippen LogP contribution < -0.4 is 4.74 Å². The molecule has 3 rings (SSSR count). The van der Waals surface area contributed by atoms with E-state index < -0.39 is 5.82 Å². The van der Waals surface area contributed by atoms with Crippen LogP contribution in [0.3, 0.4) is 0 Å². The van der Waals surface area contributed by atoms with Gasteiger partial charge in [-0.2, -0.15) is 0 Å². The van der Waals surface area contributed by atoms with Gasteiger partial charge < -0.3 is 14.4 Å². The third-order valence-electron chi connectivity index (χ3n) is 4.76. The van der Waals surface area contributed by atoms with Gasteiger partial charge in [0.05, 0.1) is 19.7 Å². The van der Waals surface area contributed by atoms with Crippen molar-refractivity contribution in [3.05, 3.63) is 24.1 Å². The number of hydrogen-bond acceptors (Lipinski definition) is 4. The summed E-state index contributed by atoms with van der Waals surface area (Å²) >= 11 is 0. The Balaban J connectivity index is 1.53. The number of aromatic nitrogens is 1. The molecule has 2 fully saturated rings. The van der Waals surface area contributed by atoms with Gasteiger partial charge in [0.1, 0.15) is 5.60 Å². The van der Waals surface area contributed by atoms with Crippen molar-refractivity contribution in [2.24, 2.45) is 5.92 Å². The highest BCUT2D eigenvalue weighted by Gasteiger charge is 2.54. The molecule has 1 amide bonds. The minimum Gasteiger partial charge on any atom is -0.475 e. The summed E-state index contributed by atoms with van der Waals surface area (Å²) in [6.07, 6.45) is 4.93. The molecule has 2 aliphatic heterocycles. The molecule has 3 heterocycles. The van der Waals surface area contributed by atoms with Crippen LogP contribution in [-0.4, -0.2) is 47.7 Å². The van der Waals surface area contributed by atoms with E-state index in [2.05, 4.69) is 11.9 Å². The average molecular weight is 322 g/mol. The Bertz CT molecular complexity index is 561. The van der Waals surface area contributed by atoms with Gasteiger partial charge in [0.15, 0.2) is 5.82 Å². The molecule has 23 heavy (non-hydrogen) atoms. The van der Waals surface area contributed by atoms with E-state index in [1.807, 2.05) is 4.90 Å². The monoisotopic (exact) mass is 322 g/mol. The number of carbonyl (C=O) groups is 1. The van der Waals surface area contributed by atoms with Crippen molar-refractivity contribution >= 4 is 5.91 Å². The largest absolute Gasteiger partial charge is 0.475 e. The number of amides is 1. The van der Waals surface area contributed by atoms with E-state index in [1.165, 1.54) is 18.3 Å². The second kappa shape index (κ2) is 6.83. The second-order valence-electron chi connectivity index (χ2n) is 6.35. The zero-order chi connectivity index (χ0) is 16.3. The molecule has 0 saturated carbocycles. The molecular formula is C17H23FN2O3. The highest BCUT2D eigenvalue weighted by Crippen LogP contribution is 2.40. The summed E-state index contributed by atoms with van der Waals surface area (Å²) in [5.74, 6) is -0.0576.